The molecule has 1 aromatic rings. The van der Waals surface area contributed by atoms with E-state index in [4.69, 9.17) is 9.47 Å². The molecule has 0 bridgehead atoms. The van der Waals surface area contributed by atoms with E-state index < -0.39 is 0 Å². The number of nitrogens with one attached hydrogen (secondary N) is 1. The number of benzene rings is 1. The van der Waals surface area contributed by atoms with Crippen LogP contribution in [0.1, 0.15) is 19.4 Å². The van der Waals surface area contributed by atoms with Gasteiger partial charge in [-0.25, -0.2) is 0 Å². The highest BCUT2D eigenvalue weighted by atomic mass is 79.9. The summed E-state index contributed by atoms with van der Waals surface area (Å²) >= 11 is 3.45. The lowest BCUT2D eigenvalue weighted by molar-refractivity contribution is -0.126. The number of halogens is 1. The van der Waals surface area contributed by atoms with Crippen molar-refractivity contribution in [2.24, 2.45) is 0 Å². The van der Waals surface area contributed by atoms with E-state index >= 15 is 0 Å². The molecule has 3 nitrogen and oxygen atoms in total. The number of anilines is 1. The van der Waals surface area contributed by atoms with Crippen LogP contribution in [0.2, 0.25) is 0 Å². The van der Waals surface area contributed by atoms with Crippen molar-refractivity contribution in [1.82, 2.24) is 0 Å². The van der Waals surface area contributed by atoms with Gasteiger partial charge < -0.3 is 14.8 Å². The van der Waals surface area contributed by atoms with Crippen molar-refractivity contribution < 1.29 is 9.47 Å². The summed E-state index contributed by atoms with van der Waals surface area (Å²) in [6.45, 7) is 7.98. The highest BCUT2D eigenvalue weighted by molar-refractivity contribution is 9.10. The summed E-state index contributed by atoms with van der Waals surface area (Å²) in [7, 11) is 0. The molecule has 0 radical (unpaired) electrons. The fraction of sp³-hybridized carbons (Fsp3) is 0.538. The number of ether oxygens (including phenoxy) is 2. The van der Waals surface area contributed by atoms with Gasteiger partial charge in [-0.1, -0.05) is 15.9 Å². The van der Waals surface area contributed by atoms with Crippen LogP contribution in [0, 0.1) is 6.92 Å². The van der Waals surface area contributed by atoms with Crippen molar-refractivity contribution in [1.29, 1.82) is 0 Å². The summed E-state index contributed by atoms with van der Waals surface area (Å²) in [6.07, 6.45) is -0.187. The van der Waals surface area contributed by atoms with E-state index in [0.29, 0.717) is 19.8 Å². The van der Waals surface area contributed by atoms with E-state index in [0.717, 1.165) is 10.2 Å². The Kier molecular flexibility index (Phi) is 6.55. The molecule has 17 heavy (non-hydrogen) atoms. The maximum Gasteiger partial charge on any atom is 0.174 e. The zero-order valence-corrected chi connectivity index (χ0v) is 12.2. The molecule has 96 valence electrons. The minimum atomic E-state index is -0.187. The predicted molar refractivity (Wildman–Crippen MR) is 74.4 cm³/mol. The van der Waals surface area contributed by atoms with Crippen LogP contribution >= 0.6 is 15.9 Å². The van der Waals surface area contributed by atoms with E-state index in [1.807, 2.05) is 26.0 Å². The first-order chi connectivity index (χ1) is 8.17. The van der Waals surface area contributed by atoms with E-state index in [-0.39, 0.29) is 6.29 Å². The molecule has 0 fully saturated rings. The molecule has 0 aliphatic heterocycles. The fourth-order valence-corrected chi connectivity index (χ4v) is 2.03. The predicted octanol–water partition coefficient (Wildman–Crippen LogP) is 3.57. The maximum absolute atomic E-state index is 5.47. The third-order valence-corrected chi connectivity index (χ3v) is 2.85. The zero-order chi connectivity index (χ0) is 12.7. The molecule has 1 aromatic carbocycles. The van der Waals surface area contributed by atoms with Crippen LogP contribution in [0.15, 0.2) is 22.7 Å². The lowest BCUT2D eigenvalue weighted by Crippen LogP contribution is -2.26. The molecular weight excluding hydrogens is 282 g/mol. The number of aryl methyl sites for hydroxylation is 1. The molecule has 0 aromatic heterocycles. The molecule has 0 atom stereocenters. The van der Waals surface area contributed by atoms with Crippen molar-refractivity contribution in [3.8, 4) is 0 Å². The van der Waals surface area contributed by atoms with Gasteiger partial charge in [0.25, 0.3) is 0 Å². The minimum absolute atomic E-state index is 0.187. The number of hydrogen-bond donors (Lipinski definition) is 1. The molecule has 0 heterocycles. The van der Waals surface area contributed by atoms with Crippen LogP contribution in [0.25, 0.3) is 0 Å². The molecule has 0 aliphatic rings. The average molecular weight is 302 g/mol. The first kappa shape index (κ1) is 14.5. The Hall–Kier alpha value is -0.580. The third-order valence-electron chi connectivity index (χ3n) is 2.35. The summed E-state index contributed by atoms with van der Waals surface area (Å²) in [6, 6.07) is 6.15. The summed E-state index contributed by atoms with van der Waals surface area (Å²) < 4.78 is 12.0. The van der Waals surface area contributed by atoms with Crippen LogP contribution in [0.4, 0.5) is 5.69 Å². The SMILES string of the molecule is CCOC(CNc1ccc(Br)cc1C)OCC. The van der Waals surface area contributed by atoms with Gasteiger partial charge in [0.15, 0.2) is 6.29 Å². The normalized spacial score (nSPS) is 10.9. The van der Waals surface area contributed by atoms with Crippen LogP contribution < -0.4 is 5.32 Å². The van der Waals surface area contributed by atoms with Gasteiger partial charge in [0, 0.05) is 23.4 Å². The molecule has 0 saturated carbocycles. The standard InChI is InChI=1S/C13H20BrNO2/c1-4-16-13(17-5-2)9-15-12-7-6-11(14)8-10(12)3/h6-8,13,15H,4-5,9H2,1-3H3. The second kappa shape index (κ2) is 7.69. The van der Waals surface area contributed by atoms with Crippen LogP contribution in [-0.2, 0) is 9.47 Å². The van der Waals surface area contributed by atoms with Gasteiger partial charge in [0.1, 0.15) is 0 Å². The Morgan fingerprint density at radius 3 is 2.41 bits per heavy atom. The van der Waals surface area contributed by atoms with Gasteiger partial charge in [-0.3, -0.25) is 0 Å². The molecule has 0 unspecified atom stereocenters. The van der Waals surface area contributed by atoms with Crippen molar-refractivity contribution in [2.75, 3.05) is 25.1 Å². The van der Waals surface area contributed by atoms with Crippen LogP contribution in [-0.4, -0.2) is 26.0 Å². The molecule has 0 aliphatic carbocycles. The van der Waals surface area contributed by atoms with Crippen molar-refractivity contribution in [3.05, 3.63) is 28.2 Å². The lowest BCUT2D eigenvalue weighted by Gasteiger charge is -2.19. The Labute approximate surface area is 112 Å². The summed E-state index contributed by atoms with van der Waals surface area (Å²) in [5.41, 5.74) is 2.31. The molecule has 0 saturated heterocycles. The van der Waals surface area contributed by atoms with Crippen molar-refractivity contribution in [2.45, 2.75) is 27.1 Å². The summed E-state index contributed by atoms with van der Waals surface area (Å²) in [4.78, 5) is 0. The maximum atomic E-state index is 5.47. The lowest BCUT2D eigenvalue weighted by atomic mass is 10.2. The Morgan fingerprint density at radius 2 is 1.88 bits per heavy atom. The fourth-order valence-electron chi connectivity index (χ4n) is 1.56. The summed E-state index contributed by atoms with van der Waals surface area (Å²) in [5, 5.41) is 3.34. The first-order valence-corrected chi connectivity index (χ1v) is 6.69. The van der Waals surface area contributed by atoms with Gasteiger partial charge in [-0.05, 0) is 44.5 Å². The monoisotopic (exact) mass is 301 g/mol. The first-order valence-electron chi connectivity index (χ1n) is 5.90. The van der Waals surface area contributed by atoms with E-state index in [1.54, 1.807) is 0 Å². The molecular formula is C13H20BrNO2. The number of hydrogen-bond acceptors (Lipinski definition) is 3. The van der Waals surface area contributed by atoms with Gasteiger partial charge in [-0.2, -0.15) is 0 Å². The average Bonchev–Trinajstić information content (AvgIpc) is 2.28. The van der Waals surface area contributed by atoms with Crippen molar-refractivity contribution >= 4 is 21.6 Å². The molecule has 0 amide bonds. The van der Waals surface area contributed by atoms with E-state index in [1.165, 1.54) is 5.56 Å². The second-order valence-electron chi connectivity index (χ2n) is 3.68. The quantitative estimate of drug-likeness (QED) is 0.781. The Morgan fingerprint density at radius 1 is 1.24 bits per heavy atom. The van der Waals surface area contributed by atoms with Crippen LogP contribution in [0.5, 0.6) is 0 Å². The Balaban J connectivity index is 2.52. The highest BCUT2D eigenvalue weighted by Crippen LogP contribution is 2.20. The Bertz CT molecular complexity index is 338. The van der Waals surface area contributed by atoms with Gasteiger partial charge in [0.2, 0.25) is 0 Å². The van der Waals surface area contributed by atoms with Gasteiger partial charge in [-0.15, -0.1) is 0 Å². The smallest absolute Gasteiger partial charge is 0.174 e. The summed E-state index contributed by atoms with van der Waals surface area (Å²) in [5.74, 6) is 0. The zero-order valence-electron chi connectivity index (χ0n) is 10.6. The minimum Gasteiger partial charge on any atom is -0.380 e. The molecule has 0 spiro atoms. The third kappa shape index (κ3) is 5.06. The molecule has 1 N–H and O–H groups in total. The van der Waals surface area contributed by atoms with E-state index in [9.17, 15) is 0 Å². The molecule has 1 rings (SSSR count). The largest absolute Gasteiger partial charge is 0.380 e. The second-order valence-corrected chi connectivity index (χ2v) is 4.60. The number of rotatable bonds is 7. The highest BCUT2D eigenvalue weighted by Gasteiger charge is 2.08. The topological polar surface area (TPSA) is 30.5 Å². The molecule has 4 heteroatoms. The van der Waals surface area contributed by atoms with Gasteiger partial charge >= 0.3 is 0 Å². The van der Waals surface area contributed by atoms with Crippen LogP contribution in [0.3, 0.4) is 0 Å². The van der Waals surface area contributed by atoms with Crippen molar-refractivity contribution in [3.63, 3.8) is 0 Å². The van der Waals surface area contributed by atoms with Gasteiger partial charge in [0.05, 0.1) is 6.54 Å². The van der Waals surface area contributed by atoms with E-state index in [2.05, 4.69) is 34.2 Å².